The Labute approximate surface area is 116 Å². The van der Waals surface area contributed by atoms with Crippen LogP contribution in [-0.2, 0) is 0 Å². The number of hydrogen-bond donors (Lipinski definition) is 1. The summed E-state index contributed by atoms with van der Waals surface area (Å²) in [7, 11) is 0. The van der Waals surface area contributed by atoms with E-state index >= 15 is 0 Å². The molecule has 0 saturated carbocycles. The van der Waals surface area contributed by atoms with Crippen molar-refractivity contribution >= 4 is 12.2 Å². The van der Waals surface area contributed by atoms with Crippen molar-refractivity contribution in [1.82, 2.24) is 4.98 Å². The molecule has 0 spiro atoms. The maximum absolute atomic E-state index is 13.9. The molecule has 1 aromatic carbocycles. The number of phenolic OH excluding ortho intramolecular Hbond substituents is 1. The molecule has 0 amide bonds. The summed E-state index contributed by atoms with van der Waals surface area (Å²) in [6, 6.07) is 5.67. The molecule has 2 rings (SSSR count). The first kappa shape index (κ1) is 14.2. The van der Waals surface area contributed by atoms with E-state index in [4.69, 9.17) is 0 Å². The second kappa shape index (κ2) is 5.82. The van der Waals surface area contributed by atoms with Crippen molar-refractivity contribution in [2.45, 2.75) is 19.8 Å². The highest BCUT2D eigenvalue weighted by Crippen LogP contribution is 2.30. The van der Waals surface area contributed by atoms with E-state index in [0.29, 0.717) is 16.8 Å². The maximum atomic E-state index is 13.9. The molecule has 0 bridgehead atoms. The minimum absolute atomic E-state index is 0.0632. The number of rotatable bonds is 3. The third kappa shape index (κ3) is 3.20. The number of nitrogens with zero attached hydrogens (tertiary/aromatic N) is 1. The summed E-state index contributed by atoms with van der Waals surface area (Å²) in [5.41, 5.74) is 1.39. The molecule has 1 aromatic heterocycles. The molecule has 2 nitrogen and oxygen atoms in total. The van der Waals surface area contributed by atoms with Crippen LogP contribution in [0.2, 0.25) is 0 Å². The summed E-state index contributed by atoms with van der Waals surface area (Å²) in [5.74, 6) is -1.00. The van der Waals surface area contributed by atoms with Crippen LogP contribution < -0.4 is 0 Å². The summed E-state index contributed by atoms with van der Waals surface area (Å²) in [6.07, 6.45) is 4.36. The first-order valence-corrected chi connectivity index (χ1v) is 6.29. The van der Waals surface area contributed by atoms with E-state index in [1.165, 1.54) is 24.3 Å². The average molecular weight is 275 g/mol. The van der Waals surface area contributed by atoms with Gasteiger partial charge in [0.2, 0.25) is 0 Å². The lowest BCUT2D eigenvalue weighted by Crippen LogP contribution is -1.94. The Bertz CT molecular complexity index is 610. The van der Waals surface area contributed by atoms with Crippen molar-refractivity contribution in [2.75, 3.05) is 0 Å². The van der Waals surface area contributed by atoms with Crippen molar-refractivity contribution in [1.29, 1.82) is 0 Å². The first-order chi connectivity index (χ1) is 9.47. The van der Waals surface area contributed by atoms with E-state index in [0.717, 1.165) is 6.20 Å². The zero-order valence-corrected chi connectivity index (χ0v) is 11.3. The minimum atomic E-state index is -0.438. The van der Waals surface area contributed by atoms with Gasteiger partial charge in [-0.2, -0.15) is 0 Å². The van der Waals surface area contributed by atoms with Gasteiger partial charge in [0.15, 0.2) is 0 Å². The molecule has 0 saturated heterocycles. The average Bonchev–Trinajstić information content (AvgIpc) is 2.37. The normalized spacial score (nSPS) is 11.4. The molecule has 0 fully saturated rings. The van der Waals surface area contributed by atoms with Gasteiger partial charge in [-0.3, -0.25) is 4.98 Å². The molecule has 20 heavy (non-hydrogen) atoms. The van der Waals surface area contributed by atoms with Gasteiger partial charge >= 0.3 is 0 Å². The van der Waals surface area contributed by atoms with E-state index in [1.807, 2.05) is 13.8 Å². The largest absolute Gasteiger partial charge is 0.508 e. The highest BCUT2D eigenvalue weighted by molar-refractivity contribution is 5.69. The lowest BCUT2D eigenvalue weighted by molar-refractivity contribution is 0.453. The first-order valence-electron chi connectivity index (χ1n) is 6.29. The molecular formula is C16H15F2NO. The highest BCUT2D eigenvalue weighted by atomic mass is 19.1. The van der Waals surface area contributed by atoms with Gasteiger partial charge < -0.3 is 5.11 Å². The quantitative estimate of drug-likeness (QED) is 0.902. The number of hydrogen-bond acceptors (Lipinski definition) is 2. The van der Waals surface area contributed by atoms with E-state index in [2.05, 4.69) is 4.98 Å². The topological polar surface area (TPSA) is 33.1 Å². The van der Waals surface area contributed by atoms with Gasteiger partial charge in [-0.15, -0.1) is 0 Å². The number of halogens is 2. The second-order valence-corrected chi connectivity index (χ2v) is 4.82. The van der Waals surface area contributed by atoms with Crippen LogP contribution >= 0.6 is 0 Å². The van der Waals surface area contributed by atoms with Gasteiger partial charge in [0.05, 0.1) is 11.9 Å². The van der Waals surface area contributed by atoms with Crippen LogP contribution in [0.15, 0.2) is 30.5 Å². The van der Waals surface area contributed by atoms with Crippen LogP contribution in [0.1, 0.15) is 36.6 Å². The Morgan fingerprint density at radius 3 is 2.45 bits per heavy atom. The van der Waals surface area contributed by atoms with Crippen LogP contribution in [0, 0.1) is 11.6 Å². The molecule has 0 unspecified atom stereocenters. The fourth-order valence-corrected chi connectivity index (χ4v) is 1.96. The molecule has 0 atom stereocenters. The molecule has 0 radical (unpaired) electrons. The highest BCUT2D eigenvalue weighted by Gasteiger charge is 2.12. The van der Waals surface area contributed by atoms with E-state index in [1.54, 1.807) is 12.2 Å². The number of benzene rings is 1. The van der Waals surface area contributed by atoms with Crippen molar-refractivity contribution in [3.63, 3.8) is 0 Å². The van der Waals surface area contributed by atoms with Crippen LogP contribution in [0.4, 0.5) is 8.78 Å². The molecule has 4 heteroatoms. The minimum Gasteiger partial charge on any atom is -0.508 e. The molecule has 0 aliphatic heterocycles. The Morgan fingerprint density at radius 1 is 1.15 bits per heavy atom. The van der Waals surface area contributed by atoms with Gasteiger partial charge in [-0.1, -0.05) is 19.9 Å². The SMILES string of the molecule is CC(C)c1c(O)cc(/C=C/c2ccc(F)cn2)cc1F. The monoisotopic (exact) mass is 275 g/mol. The standard InChI is InChI=1S/C16H15F2NO/c1-10(2)16-14(18)7-11(8-15(16)20)3-5-13-6-4-12(17)9-19-13/h3-10,20H,1-2H3/b5-3+. The second-order valence-electron chi connectivity index (χ2n) is 4.82. The predicted octanol–water partition coefficient (Wildman–Crippen LogP) is 4.36. The van der Waals surface area contributed by atoms with E-state index in [9.17, 15) is 13.9 Å². The fourth-order valence-electron chi connectivity index (χ4n) is 1.96. The summed E-state index contributed by atoms with van der Waals surface area (Å²) in [6.45, 7) is 3.63. The van der Waals surface area contributed by atoms with Crippen molar-refractivity contribution in [3.8, 4) is 5.75 Å². The van der Waals surface area contributed by atoms with Crippen molar-refractivity contribution in [2.24, 2.45) is 0 Å². The Kier molecular flexibility index (Phi) is 4.13. The maximum Gasteiger partial charge on any atom is 0.141 e. The predicted molar refractivity (Wildman–Crippen MR) is 75.3 cm³/mol. The summed E-state index contributed by atoms with van der Waals surface area (Å²) >= 11 is 0. The molecule has 0 aliphatic carbocycles. The number of phenols is 1. The van der Waals surface area contributed by atoms with Crippen LogP contribution in [0.25, 0.3) is 12.2 Å². The van der Waals surface area contributed by atoms with E-state index < -0.39 is 11.6 Å². The lowest BCUT2D eigenvalue weighted by Gasteiger charge is -2.10. The van der Waals surface area contributed by atoms with Gasteiger partial charge in [-0.25, -0.2) is 8.78 Å². The molecule has 104 valence electrons. The number of aromatic nitrogens is 1. The molecule has 2 aromatic rings. The van der Waals surface area contributed by atoms with Gasteiger partial charge in [0, 0.05) is 5.56 Å². The van der Waals surface area contributed by atoms with Gasteiger partial charge in [-0.05, 0) is 41.8 Å². The number of pyridine rings is 1. The van der Waals surface area contributed by atoms with Crippen molar-refractivity contribution < 1.29 is 13.9 Å². The Balaban J connectivity index is 2.28. The third-order valence-corrected chi connectivity index (χ3v) is 2.90. The van der Waals surface area contributed by atoms with Gasteiger partial charge in [0.1, 0.15) is 17.4 Å². The third-order valence-electron chi connectivity index (χ3n) is 2.90. The van der Waals surface area contributed by atoms with Crippen LogP contribution in [-0.4, -0.2) is 10.1 Å². The Hall–Kier alpha value is -2.23. The van der Waals surface area contributed by atoms with E-state index in [-0.39, 0.29) is 11.7 Å². The molecule has 1 heterocycles. The molecule has 1 N–H and O–H groups in total. The molecular weight excluding hydrogens is 260 g/mol. The smallest absolute Gasteiger partial charge is 0.141 e. The summed E-state index contributed by atoms with van der Waals surface area (Å²) in [5, 5.41) is 9.84. The molecule has 0 aliphatic rings. The van der Waals surface area contributed by atoms with Crippen molar-refractivity contribution in [3.05, 3.63) is 58.9 Å². The van der Waals surface area contributed by atoms with Crippen LogP contribution in [0.5, 0.6) is 5.75 Å². The fraction of sp³-hybridized carbons (Fsp3) is 0.188. The number of aromatic hydroxyl groups is 1. The van der Waals surface area contributed by atoms with Gasteiger partial charge in [0.25, 0.3) is 0 Å². The van der Waals surface area contributed by atoms with Crippen LogP contribution in [0.3, 0.4) is 0 Å². The summed E-state index contributed by atoms with van der Waals surface area (Å²) in [4.78, 5) is 3.87. The summed E-state index contributed by atoms with van der Waals surface area (Å²) < 4.78 is 26.6. The Morgan fingerprint density at radius 2 is 1.90 bits per heavy atom. The lowest BCUT2D eigenvalue weighted by atomic mass is 9.99. The zero-order valence-electron chi connectivity index (χ0n) is 11.3. The zero-order chi connectivity index (χ0) is 14.7.